The van der Waals surface area contributed by atoms with Crippen molar-refractivity contribution >= 4 is 0 Å². The fraction of sp³-hybridized carbons (Fsp3) is 0.200. The molecular formula is C25H25FN4O. The Morgan fingerprint density at radius 2 is 1.55 bits per heavy atom. The van der Waals surface area contributed by atoms with Gasteiger partial charge in [-0.3, -0.25) is 4.98 Å². The average Bonchev–Trinajstić information content (AvgIpc) is 3.24. The van der Waals surface area contributed by atoms with Crippen LogP contribution < -0.4 is 4.74 Å². The van der Waals surface area contributed by atoms with Crippen LogP contribution in [0.15, 0.2) is 73.1 Å². The summed E-state index contributed by atoms with van der Waals surface area (Å²) in [7, 11) is 4.07. The number of rotatable bonds is 7. The number of H-pyrrole nitrogens is 1. The molecule has 2 heterocycles. The van der Waals surface area contributed by atoms with Crippen LogP contribution in [0, 0.1) is 5.82 Å². The molecule has 5 nitrogen and oxygen atoms in total. The molecule has 0 amide bonds. The van der Waals surface area contributed by atoms with E-state index in [4.69, 9.17) is 9.72 Å². The van der Waals surface area contributed by atoms with Gasteiger partial charge in [-0.1, -0.05) is 0 Å². The Morgan fingerprint density at radius 1 is 0.903 bits per heavy atom. The Kier molecular flexibility index (Phi) is 6.09. The summed E-state index contributed by atoms with van der Waals surface area (Å²) in [6.45, 7) is 2.74. The van der Waals surface area contributed by atoms with Crippen molar-refractivity contribution in [1.82, 2.24) is 19.9 Å². The van der Waals surface area contributed by atoms with Crippen LogP contribution in [0.4, 0.5) is 4.39 Å². The lowest BCUT2D eigenvalue weighted by atomic mass is 10.1. The van der Waals surface area contributed by atoms with Crippen LogP contribution in [0.2, 0.25) is 0 Å². The summed E-state index contributed by atoms with van der Waals surface area (Å²) in [6.07, 6.45) is 3.48. The van der Waals surface area contributed by atoms with E-state index in [1.165, 1.54) is 12.1 Å². The number of nitrogens with one attached hydrogen (secondary N) is 1. The molecule has 2 aromatic carbocycles. The van der Waals surface area contributed by atoms with E-state index in [2.05, 4.69) is 21.8 Å². The molecule has 0 bridgehead atoms. The fourth-order valence-corrected chi connectivity index (χ4v) is 3.13. The molecule has 158 valence electrons. The lowest BCUT2D eigenvalue weighted by Gasteiger charge is -2.19. The first kappa shape index (κ1) is 20.8. The lowest BCUT2D eigenvalue weighted by Crippen LogP contribution is -2.30. The Hall–Kier alpha value is -3.51. The third-order valence-corrected chi connectivity index (χ3v) is 5.29. The van der Waals surface area contributed by atoms with Gasteiger partial charge in [0.15, 0.2) is 0 Å². The molecule has 0 spiro atoms. The molecule has 0 fully saturated rings. The normalized spacial score (nSPS) is 12.2. The predicted molar refractivity (Wildman–Crippen MR) is 121 cm³/mol. The monoisotopic (exact) mass is 416 g/mol. The molecule has 4 aromatic rings. The molecule has 1 atom stereocenters. The Morgan fingerprint density at radius 3 is 2.19 bits per heavy atom. The molecule has 0 radical (unpaired) electrons. The summed E-state index contributed by atoms with van der Waals surface area (Å²) in [5.41, 5.74) is 4.38. The van der Waals surface area contributed by atoms with Crippen LogP contribution in [0.25, 0.3) is 33.9 Å². The second kappa shape index (κ2) is 9.10. The van der Waals surface area contributed by atoms with Crippen molar-refractivity contribution < 1.29 is 9.13 Å². The van der Waals surface area contributed by atoms with Crippen LogP contribution in [0.5, 0.6) is 5.75 Å². The molecule has 6 heteroatoms. The second-order valence-corrected chi connectivity index (χ2v) is 7.70. The van der Waals surface area contributed by atoms with Crippen molar-refractivity contribution in [2.45, 2.75) is 13.0 Å². The number of nitrogens with zero attached hydrogens (tertiary/aromatic N) is 3. The third kappa shape index (κ3) is 4.81. The highest BCUT2D eigenvalue weighted by molar-refractivity contribution is 5.81. The largest absolute Gasteiger partial charge is 0.492 e. The van der Waals surface area contributed by atoms with Gasteiger partial charge in [-0.15, -0.1) is 0 Å². The predicted octanol–water partition coefficient (Wildman–Crippen LogP) is 5.27. The quantitative estimate of drug-likeness (QED) is 0.446. The summed E-state index contributed by atoms with van der Waals surface area (Å²) in [5.74, 6) is 1.28. The van der Waals surface area contributed by atoms with Crippen molar-refractivity contribution in [2.24, 2.45) is 0 Å². The van der Waals surface area contributed by atoms with E-state index < -0.39 is 0 Å². The van der Waals surface area contributed by atoms with Crippen LogP contribution in [-0.2, 0) is 0 Å². The minimum Gasteiger partial charge on any atom is -0.492 e. The molecule has 1 unspecified atom stereocenters. The fourth-order valence-electron chi connectivity index (χ4n) is 3.13. The van der Waals surface area contributed by atoms with Crippen molar-refractivity contribution in [1.29, 1.82) is 0 Å². The van der Waals surface area contributed by atoms with Crippen LogP contribution in [0.1, 0.15) is 6.92 Å². The van der Waals surface area contributed by atoms with Gasteiger partial charge in [-0.05, 0) is 81.7 Å². The number of likely N-dealkylation sites (N-methyl/N-ethyl adjacent to an activating group) is 1. The zero-order chi connectivity index (χ0) is 21.8. The summed E-state index contributed by atoms with van der Waals surface area (Å²) < 4.78 is 19.3. The minimum atomic E-state index is -0.274. The number of aromatic nitrogens is 3. The molecule has 0 saturated heterocycles. The standard InChI is InChI=1S/C25H25FN4O/c1-17(30(2)3)16-31-22-10-6-20(7-11-22)25-28-23(18-4-8-21(26)9-5-18)24(29-25)19-12-14-27-15-13-19/h4-15,17H,16H2,1-3H3,(H,28,29). The number of ether oxygens (including phenoxy) is 1. The first-order valence-electron chi connectivity index (χ1n) is 10.2. The highest BCUT2D eigenvalue weighted by Crippen LogP contribution is 2.33. The van der Waals surface area contributed by atoms with E-state index in [0.717, 1.165) is 39.7 Å². The molecule has 2 aromatic heterocycles. The number of pyridine rings is 1. The van der Waals surface area contributed by atoms with Crippen molar-refractivity contribution in [3.05, 3.63) is 78.9 Å². The van der Waals surface area contributed by atoms with Gasteiger partial charge in [0, 0.05) is 35.1 Å². The maximum atomic E-state index is 13.4. The molecule has 0 aliphatic rings. The summed E-state index contributed by atoms with van der Waals surface area (Å²) in [6, 6.07) is 18.4. The van der Waals surface area contributed by atoms with Crippen molar-refractivity contribution in [3.63, 3.8) is 0 Å². The van der Waals surface area contributed by atoms with Crippen LogP contribution in [0.3, 0.4) is 0 Å². The van der Waals surface area contributed by atoms with Gasteiger partial charge in [-0.2, -0.15) is 0 Å². The Balaban J connectivity index is 1.65. The van der Waals surface area contributed by atoms with Gasteiger partial charge in [0.2, 0.25) is 0 Å². The zero-order valence-electron chi connectivity index (χ0n) is 17.8. The van der Waals surface area contributed by atoms with E-state index >= 15 is 0 Å². The molecule has 0 aliphatic heterocycles. The van der Waals surface area contributed by atoms with E-state index in [1.54, 1.807) is 24.5 Å². The maximum Gasteiger partial charge on any atom is 0.138 e. The maximum absolute atomic E-state index is 13.4. The van der Waals surface area contributed by atoms with Gasteiger partial charge in [0.25, 0.3) is 0 Å². The molecule has 1 N–H and O–H groups in total. The van der Waals surface area contributed by atoms with Crippen LogP contribution in [-0.4, -0.2) is 46.6 Å². The first-order chi connectivity index (χ1) is 15.0. The van der Waals surface area contributed by atoms with E-state index in [1.807, 2.05) is 50.5 Å². The number of imidazole rings is 1. The Bertz CT molecular complexity index is 1120. The lowest BCUT2D eigenvalue weighted by molar-refractivity contribution is 0.198. The summed E-state index contributed by atoms with van der Waals surface area (Å²) in [4.78, 5) is 14.5. The van der Waals surface area contributed by atoms with Crippen molar-refractivity contribution in [2.75, 3.05) is 20.7 Å². The van der Waals surface area contributed by atoms with Crippen molar-refractivity contribution in [3.8, 4) is 39.7 Å². The number of hydrogen-bond acceptors (Lipinski definition) is 4. The van der Waals surface area contributed by atoms with Gasteiger partial charge >= 0.3 is 0 Å². The number of hydrogen-bond donors (Lipinski definition) is 1. The smallest absolute Gasteiger partial charge is 0.138 e. The molecule has 4 rings (SSSR count). The first-order valence-corrected chi connectivity index (χ1v) is 10.2. The van der Waals surface area contributed by atoms with E-state index in [-0.39, 0.29) is 5.82 Å². The third-order valence-electron chi connectivity index (χ3n) is 5.29. The SMILES string of the molecule is CC(COc1ccc(-c2nc(-c3ccc(F)cc3)c(-c3ccncc3)[nH]2)cc1)N(C)C. The zero-order valence-corrected chi connectivity index (χ0v) is 17.8. The van der Waals surface area contributed by atoms with E-state index in [0.29, 0.717) is 12.6 Å². The highest BCUT2D eigenvalue weighted by Gasteiger charge is 2.15. The number of halogens is 1. The van der Waals surface area contributed by atoms with Crippen LogP contribution >= 0.6 is 0 Å². The van der Waals surface area contributed by atoms with Gasteiger partial charge in [0.05, 0.1) is 11.4 Å². The number of aromatic amines is 1. The average molecular weight is 417 g/mol. The second-order valence-electron chi connectivity index (χ2n) is 7.70. The molecule has 0 saturated carbocycles. The molecule has 0 aliphatic carbocycles. The minimum absolute atomic E-state index is 0.274. The van der Waals surface area contributed by atoms with Gasteiger partial charge in [0.1, 0.15) is 24.0 Å². The summed E-state index contributed by atoms with van der Waals surface area (Å²) >= 11 is 0. The van der Waals surface area contributed by atoms with E-state index in [9.17, 15) is 4.39 Å². The number of benzene rings is 2. The highest BCUT2D eigenvalue weighted by atomic mass is 19.1. The van der Waals surface area contributed by atoms with Gasteiger partial charge < -0.3 is 14.6 Å². The topological polar surface area (TPSA) is 54.0 Å². The molecule has 31 heavy (non-hydrogen) atoms. The molecular weight excluding hydrogens is 391 g/mol. The Labute approximate surface area is 181 Å². The van der Waals surface area contributed by atoms with Gasteiger partial charge in [-0.25, -0.2) is 9.37 Å². The summed E-state index contributed by atoms with van der Waals surface area (Å²) in [5, 5.41) is 0.